The fraction of sp³-hybridized carbons (Fsp3) is 0.500. The number of hydrogen-bond acceptors (Lipinski definition) is 2. The van der Waals surface area contributed by atoms with E-state index in [-0.39, 0.29) is 24.7 Å². The van der Waals surface area contributed by atoms with Gasteiger partial charge < -0.3 is 0 Å². The fourth-order valence-electron chi connectivity index (χ4n) is 0.425. The minimum absolute atomic E-state index is 0.225. The number of rotatable bonds is 0. The molecule has 1 aliphatic rings. The van der Waals surface area contributed by atoms with Crippen molar-refractivity contribution in [2.24, 2.45) is 10.2 Å². The molecule has 0 saturated carbocycles. The van der Waals surface area contributed by atoms with Crippen molar-refractivity contribution in [3.05, 3.63) is 0 Å². The Hall–Kier alpha value is -1.06. The number of amides is 2. The molecular weight excluding hydrogens is 108 g/mol. The Morgan fingerprint density at radius 3 is 1.62 bits per heavy atom. The number of carbonyl (C=O) groups excluding carboxylic acids is 2. The van der Waals surface area contributed by atoms with Crippen LogP contribution in [-0.4, -0.2) is 11.8 Å². The van der Waals surface area contributed by atoms with Gasteiger partial charge in [-0.1, -0.05) is 0 Å². The van der Waals surface area contributed by atoms with Crippen LogP contribution in [0.15, 0.2) is 10.2 Å². The standard InChI is InChI=1S/C4H4N2O2/c7-3-1-2-4(8)6-5-3/h1-2H2. The molecule has 0 spiro atoms. The third kappa shape index (κ3) is 0.959. The largest absolute Gasteiger partial charge is 0.271 e. The van der Waals surface area contributed by atoms with Gasteiger partial charge in [0.25, 0.3) is 11.8 Å². The van der Waals surface area contributed by atoms with E-state index >= 15 is 0 Å². The first-order valence-electron chi connectivity index (χ1n) is 2.26. The van der Waals surface area contributed by atoms with Crippen LogP contribution >= 0.6 is 0 Å². The molecule has 1 aliphatic heterocycles. The Balaban J connectivity index is 2.68. The third-order valence-corrected chi connectivity index (χ3v) is 0.826. The van der Waals surface area contributed by atoms with Gasteiger partial charge in [0.15, 0.2) is 0 Å². The molecule has 0 bridgehead atoms. The van der Waals surface area contributed by atoms with Crippen LogP contribution in [-0.2, 0) is 9.59 Å². The Morgan fingerprint density at radius 2 is 1.38 bits per heavy atom. The molecule has 0 N–H and O–H groups in total. The predicted octanol–water partition coefficient (Wildman–Crippen LogP) is 0.286. The predicted molar refractivity (Wildman–Crippen MR) is 24.1 cm³/mol. The van der Waals surface area contributed by atoms with Gasteiger partial charge in [0.05, 0.1) is 0 Å². The zero-order valence-corrected chi connectivity index (χ0v) is 4.13. The Labute approximate surface area is 45.6 Å². The van der Waals surface area contributed by atoms with Gasteiger partial charge in [-0.3, -0.25) is 9.59 Å². The minimum Gasteiger partial charge on any atom is -0.271 e. The van der Waals surface area contributed by atoms with Gasteiger partial charge in [-0.2, -0.15) is 0 Å². The van der Waals surface area contributed by atoms with Crippen molar-refractivity contribution in [2.45, 2.75) is 12.8 Å². The molecule has 0 aromatic rings. The molecule has 8 heavy (non-hydrogen) atoms. The molecule has 0 radical (unpaired) electrons. The van der Waals surface area contributed by atoms with Crippen molar-refractivity contribution in [2.75, 3.05) is 0 Å². The monoisotopic (exact) mass is 112 g/mol. The fourth-order valence-corrected chi connectivity index (χ4v) is 0.425. The molecule has 0 aromatic carbocycles. The van der Waals surface area contributed by atoms with E-state index in [9.17, 15) is 9.59 Å². The van der Waals surface area contributed by atoms with Gasteiger partial charge in [0.2, 0.25) is 0 Å². The van der Waals surface area contributed by atoms with Crippen molar-refractivity contribution in [3.8, 4) is 0 Å². The van der Waals surface area contributed by atoms with Crippen LogP contribution in [0.3, 0.4) is 0 Å². The maximum absolute atomic E-state index is 10.2. The number of carbonyl (C=O) groups is 2. The molecule has 4 heteroatoms. The number of azo groups is 1. The highest BCUT2D eigenvalue weighted by Gasteiger charge is 2.10. The van der Waals surface area contributed by atoms with Crippen molar-refractivity contribution in [3.63, 3.8) is 0 Å². The van der Waals surface area contributed by atoms with Gasteiger partial charge in [0, 0.05) is 12.8 Å². The molecule has 1 rings (SSSR count). The van der Waals surface area contributed by atoms with E-state index in [0.717, 1.165) is 0 Å². The van der Waals surface area contributed by atoms with Crippen LogP contribution in [0, 0.1) is 0 Å². The lowest BCUT2D eigenvalue weighted by Crippen LogP contribution is -2.04. The number of hydrogen-bond donors (Lipinski definition) is 0. The second-order valence-corrected chi connectivity index (χ2v) is 1.49. The van der Waals surface area contributed by atoms with E-state index < -0.39 is 0 Å². The molecular formula is C4H4N2O2. The Kier molecular flexibility index (Phi) is 1.15. The first-order valence-corrected chi connectivity index (χ1v) is 2.26. The molecule has 0 fully saturated rings. The van der Waals surface area contributed by atoms with Crippen LogP contribution in [0.4, 0.5) is 0 Å². The summed E-state index contributed by atoms with van der Waals surface area (Å²) >= 11 is 0. The molecule has 0 unspecified atom stereocenters. The van der Waals surface area contributed by atoms with Crippen LogP contribution in [0.1, 0.15) is 12.8 Å². The van der Waals surface area contributed by atoms with Crippen molar-refractivity contribution in [1.29, 1.82) is 0 Å². The summed E-state index contributed by atoms with van der Waals surface area (Å²) in [5.41, 5.74) is 0. The molecule has 42 valence electrons. The van der Waals surface area contributed by atoms with Gasteiger partial charge in [-0.15, -0.1) is 10.2 Å². The number of nitrogens with zero attached hydrogens (tertiary/aromatic N) is 2. The lowest BCUT2D eigenvalue weighted by atomic mass is 10.3. The molecule has 0 saturated heterocycles. The summed E-state index contributed by atoms with van der Waals surface area (Å²) < 4.78 is 0. The molecule has 4 nitrogen and oxygen atoms in total. The second-order valence-electron chi connectivity index (χ2n) is 1.49. The average Bonchev–Trinajstić information content (AvgIpc) is 1.77. The zero-order chi connectivity index (χ0) is 5.98. The van der Waals surface area contributed by atoms with Crippen molar-refractivity contribution in [1.82, 2.24) is 0 Å². The highest BCUT2D eigenvalue weighted by atomic mass is 16.2. The van der Waals surface area contributed by atoms with Crippen LogP contribution in [0.5, 0.6) is 0 Å². The van der Waals surface area contributed by atoms with E-state index in [4.69, 9.17) is 0 Å². The van der Waals surface area contributed by atoms with Gasteiger partial charge >= 0.3 is 0 Å². The smallest absolute Gasteiger partial charge is 0.265 e. The summed E-state index contributed by atoms with van der Waals surface area (Å²) in [5.74, 6) is -0.603. The first kappa shape index (κ1) is 5.08. The maximum atomic E-state index is 10.2. The molecule has 0 atom stereocenters. The van der Waals surface area contributed by atoms with E-state index in [2.05, 4.69) is 10.2 Å². The minimum atomic E-state index is -0.301. The quantitative estimate of drug-likeness (QED) is 0.452. The highest BCUT2D eigenvalue weighted by Crippen LogP contribution is 2.01. The molecule has 1 heterocycles. The first-order chi connectivity index (χ1) is 3.79. The summed E-state index contributed by atoms with van der Waals surface area (Å²) in [6, 6.07) is 0. The second kappa shape index (κ2) is 1.81. The lowest BCUT2D eigenvalue weighted by molar-refractivity contribution is -0.126. The normalized spacial score (nSPS) is 19.5. The lowest BCUT2D eigenvalue weighted by Gasteiger charge is -1.94. The average molecular weight is 112 g/mol. The molecule has 0 aliphatic carbocycles. The van der Waals surface area contributed by atoms with Gasteiger partial charge in [0.1, 0.15) is 0 Å². The molecule has 0 aromatic heterocycles. The summed E-state index contributed by atoms with van der Waals surface area (Å²) in [6.45, 7) is 0. The Bertz CT molecular complexity index is 143. The Morgan fingerprint density at radius 1 is 1.00 bits per heavy atom. The van der Waals surface area contributed by atoms with Crippen LogP contribution in [0.2, 0.25) is 0 Å². The third-order valence-electron chi connectivity index (χ3n) is 0.826. The van der Waals surface area contributed by atoms with Crippen molar-refractivity contribution >= 4 is 11.8 Å². The van der Waals surface area contributed by atoms with Crippen LogP contribution < -0.4 is 0 Å². The summed E-state index contributed by atoms with van der Waals surface area (Å²) in [4.78, 5) is 20.4. The van der Waals surface area contributed by atoms with Crippen LogP contribution in [0.25, 0.3) is 0 Å². The maximum Gasteiger partial charge on any atom is 0.265 e. The van der Waals surface area contributed by atoms with E-state index in [0.29, 0.717) is 0 Å². The van der Waals surface area contributed by atoms with E-state index in [1.165, 1.54) is 0 Å². The highest BCUT2D eigenvalue weighted by molar-refractivity contribution is 5.88. The topological polar surface area (TPSA) is 58.9 Å². The SMILES string of the molecule is O=C1CCC(=O)N=N1. The summed E-state index contributed by atoms with van der Waals surface area (Å²) in [7, 11) is 0. The zero-order valence-electron chi connectivity index (χ0n) is 4.13. The van der Waals surface area contributed by atoms with Gasteiger partial charge in [-0.05, 0) is 0 Å². The molecule has 2 amide bonds. The summed E-state index contributed by atoms with van der Waals surface area (Å²) in [5, 5.41) is 6.09. The summed E-state index contributed by atoms with van der Waals surface area (Å²) in [6.07, 6.45) is 0.449. The van der Waals surface area contributed by atoms with Gasteiger partial charge in [-0.25, -0.2) is 0 Å². The van der Waals surface area contributed by atoms with Crippen molar-refractivity contribution < 1.29 is 9.59 Å². The van der Waals surface area contributed by atoms with E-state index in [1.54, 1.807) is 0 Å². The van der Waals surface area contributed by atoms with E-state index in [1.807, 2.05) is 0 Å².